The summed E-state index contributed by atoms with van der Waals surface area (Å²) in [6.07, 6.45) is 1.02. The van der Waals surface area contributed by atoms with E-state index in [0.29, 0.717) is 26.1 Å². The highest BCUT2D eigenvalue weighted by Gasteiger charge is 2.36. The zero-order valence-corrected chi connectivity index (χ0v) is 9.05. The van der Waals surface area contributed by atoms with Crippen molar-refractivity contribution in [2.45, 2.75) is 46.3 Å². The maximum Gasteiger partial charge on any atom is 0.228 e. The van der Waals surface area contributed by atoms with Gasteiger partial charge in [0.2, 0.25) is 5.79 Å². The van der Waals surface area contributed by atoms with Gasteiger partial charge in [0.05, 0.1) is 0 Å². The molecule has 0 N–H and O–H groups in total. The van der Waals surface area contributed by atoms with Gasteiger partial charge in [-0.1, -0.05) is 13.8 Å². The first kappa shape index (κ1) is 12.6. The van der Waals surface area contributed by atoms with E-state index >= 15 is 0 Å². The van der Waals surface area contributed by atoms with Gasteiger partial charge < -0.3 is 9.47 Å². The van der Waals surface area contributed by atoms with Crippen molar-refractivity contribution in [1.29, 1.82) is 0 Å². The molecular weight excluding hydrogens is 168 g/mol. The Labute approximate surface area is 80.4 Å². The molecular formula is C10H20O3. The molecule has 0 spiro atoms. The molecule has 3 heteroatoms. The summed E-state index contributed by atoms with van der Waals surface area (Å²) in [6.45, 7) is 8.46. The second kappa shape index (κ2) is 6.11. The molecule has 0 aromatic heterocycles. The summed E-state index contributed by atoms with van der Waals surface area (Å²) in [5.41, 5.74) is 0. The minimum Gasteiger partial charge on any atom is -0.344 e. The van der Waals surface area contributed by atoms with Gasteiger partial charge in [-0.15, -0.1) is 0 Å². The lowest BCUT2D eigenvalue weighted by atomic mass is 10.1. The summed E-state index contributed by atoms with van der Waals surface area (Å²) in [6, 6.07) is 0. The fourth-order valence-electron chi connectivity index (χ4n) is 1.34. The second-order valence-corrected chi connectivity index (χ2v) is 2.75. The molecule has 0 atom stereocenters. The molecule has 0 bridgehead atoms. The molecule has 0 radical (unpaired) electrons. The molecule has 0 aliphatic rings. The summed E-state index contributed by atoms with van der Waals surface area (Å²) >= 11 is 0. The van der Waals surface area contributed by atoms with Crippen molar-refractivity contribution in [3.8, 4) is 0 Å². The third-order valence-electron chi connectivity index (χ3n) is 1.97. The third-order valence-corrected chi connectivity index (χ3v) is 1.97. The summed E-state index contributed by atoms with van der Waals surface area (Å²) in [5.74, 6) is -0.961. The van der Waals surface area contributed by atoms with Crippen LogP contribution in [0.1, 0.15) is 40.5 Å². The molecule has 0 unspecified atom stereocenters. The zero-order chi connectivity index (χ0) is 10.3. The standard InChI is InChI=1S/C10H20O3/c1-5-9(11)10(6-2,12-7-3)13-8-4/h5-8H2,1-4H3. The van der Waals surface area contributed by atoms with Gasteiger partial charge in [-0.25, -0.2) is 0 Å². The minimum atomic E-state index is -0.988. The van der Waals surface area contributed by atoms with E-state index in [-0.39, 0.29) is 5.78 Å². The van der Waals surface area contributed by atoms with Crippen LogP contribution in [0.15, 0.2) is 0 Å². The molecule has 0 aliphatic heterocycles. The summed E-state index contributed by atoms with van der Waals surface area (Å²) < 4.78 is 10.8. The smallest absolute Gasteiger partial charge is 0.228 e. The molecule has 0 saturated heterocycles. The van der Waals surface area contributed by atoms with Crippen molar-refractivity contribution in [3.63, 3.8) is 0 Å². The Morgan fingerprint density at radius 2 is 1.54 bits per heavy atom. The molecule has 78 valence electrons. The predicted octanol–water partition coefficient (Wildman–Crippen LogP) is 2.14. The Morgan fingerprint density at radius 3 is 1.77 bits per heavy atom. The van der Waals surface area contributed by atoms with Crippen LogP contribution in [0, 0.1) is 0 Å². The summed E-state index contributed by atoms with van der Waals surface area (Å²) in [5, 5.41) is 0. The van der Waals surface area contributed by atoms with Crippen molar-refractivity contribution in [2.24, 2.45) is 0 Å². The van der Waals surface area contributed by atoms with Crippen molar-refractivity contribution >= 4 is 5.78 Å². The van der Waals surface area contributed by atoms with E-state index in [2.05, 4.69) is 0 Å². The normalized spacial score (nSPS) is 11.7. The zero-order valence-electron chi connectivity index (χ0n) is 9.05. The molecule has 3 nitrogen and oxygen atoms in total. The van der Waals surface area contributed by atoms with E-state index in [0.717, 1.165) is 0 Å². The number of hydrogen-bond donors (Lipinski definition) is 0. The van der Waals surface area contributed by atoms with E-state index in [4.69, 9.17) is 9.47 Å². The van der Waals surface area contributed by atoms with Crippen LogP contribution in [0.25, 0.3) is 0 Å². The Hall–Kier alpha value is -0.410. The fraction of sp³-hybridized carbons (Fsp3) is 0.900. The third kappa shape index (κ3) is 3.08. The van der Waals surface area contributed by atoms with Gasteiger partial charge in [-0.05, 0) is 13.8 Å². The lowest BCUT2D eigenvalue weighted by Gasteiger charge is -2.30. The number of ketones is 1. The van der Waals surface area contributed by atoms with Crippen molar-refractivity contribution in [2.75, 3.05) is 13.2 Å². The first-order valence-corrected chi connectivity index (χ1v) is 4.98. The second-order valence-electron chi connectivity index (χ2n) is 2.75. The number of carbonyl (C=O) groups is 1. The predicted molar refractivity (Wildman–Crippen MR) is 51.6 cm³/mol. The molecule has 0 rings (SSSR count). The highest BCUT2D eigenvalue weighted by atomic mass is 16.7. The van der Waals surface area contributed by atoms with Crippen LogP contribution < -0.4 is 0 Å². The highest BCUT2D eigenvalue weighted by molar-refractivity contribution is 5.85. The number of carbonyl (C=O) groups excluding carboxylic acids is 1. The van der Waals surface area contributed by atoms with Crippen molar-refractivity contribution in [3.05, 3.63) is 0 Å². The Kier molecular flexibility index (Phi) is 5.91. The van der Waals surface area contributed by atoms with Crippen LogP contribution in [0.3, 0.4) is 0 Å². The number of ether oxygens (including phenoxy) is 2. The monoisotopic (exact) mass is 188 g/mol. The van der Waals surface area contributed by atoms with Gasteiger partial charge in [-0.3, -0.25) is 4.79 Å². The Morgan fingerprint density at radius 1 is 1.08 bits per heavy atom. The van der Waals surface area contributed by atoms with Gasteiger partial charge in [0.25, 0.3) is 0 Å². The van der Waals surface area contributed by atoms with Crippen LogP contribution in [-0.2, 0) is 14.3 Å². The SMILES string of the molecule is CCOC(CC)(OCC)C(=O)CC. The molecule has 0 amide bonds. The number of rotatable bonds is 7. The number of Topliss-reactive ketones (excluding diaryl/α,β-unsaturated/α-hetero) is 1. The topological polar surface area (TPSA) is 35.5 Å². The fourth-order valence-corrected chi connectivity index (χ4v) is 1.34. The molecule has 13 heavy (non-hydrogen) atoms. The summed E-state index contributed by atoms with van der Waals surface area (Å²) in [4.78, 5) is 11.6. The van der Waals surface area contributed by atoms with Crippen molar-refractivity contribution < 1.29 is 14.3 Å². The average molecular weight is 188 g/mol. The maximum absolute atomic E-state index is 11.6. The molecule has 0 aliphatic carbocycles. The molecule has 0 saturated carbocycles. The van der Waals surface area contributed by atoms with Gasteiger partial charge in [-0.2, -0.15) is 0 Å². The van der Waals surface area contributed by atoms with Crippen LogP contribution >= 0.6 is 0 Å². The Balaban J connectivity index is 4.52. The van der Waals surface area contributed by atoms with Gasteiger partial charge >= 0.3 is 0 Å². The first-order chi connectivity index (χ1) is 6.16. The van der Waals surface area contributed by atoms with E-state index in [9.17, 15) is 4.79 Å². The lowest BCUT2D eigenvalue weighted by molar-refractivity contribution is -0.226. The van der Waals surface area contributed by atoms with Crippen LogP contribution in [0.2, 0.25) is 0 Å². The Bertz CT molecular complexity index is 148. The van der Waals surface area contributed by atoms with Crippen molar-refractivity contribution in [1.82, 2.24) is 0 Å². The molecule has 0 heterocycles. The van der Waals surface area contributed by atoms with E-state index in [1.807, 2.05) is 27.7 Å². The number of hydrogen-bond acceptors (Lipinski definition) is 3. The molecule has 0 aromatic rings. The van der Waals surface area contributed by atoms with Gasteiger partial charge in [0.1, 0.15) is 0 Å². The van der Waals surface area contributed by atoms with E-state index in [1.54, 1.807) is 0 Å². The van der Waals surface area contributed by atoms with Crippen LogP contribution in [-0.4, -0.2) is 24.8 Å². The summed E-state index contributed by atoms with van der Waals surface area (Å²) in [7, 11) is 0. The molecule has 0 aromatic carbocycles. The maximum atomic E-state index is 11.6. The minimum absolute atomic E-state index is 0.0266. The van der Waals surface area contributed by atoms with Crippen LogP contribution in [0.5, 0.6) is 0 Å². The lowest BCUT2D eigenvalue weighted by Crippen LogP contribution is -2.43. The van der Waals surface area contributed by atoms with E-state index < -0.39 is 5.79 Å². The van der Waals surface area contributed by atoms with Gasteiger partial charge in [0, 0.05) is 26.1 Å². The average Bonchev–Trinajstić information content (AvgIpc) is 2.16. The van der Waals surface area contributed by atoms with Crippen LogP contribution in [0.4, 0.5) is 0 Å². The quantitative estimate of drug-likeness (QED) is 0.574. The van der Waals surface area contributed by atoms with Gasteiger partial charge in [0.15, 0.2) is 5.78 Å². The highest BCUT2D eigenvalue weighted by Crippen LogP contribution is 2.20. The first-order valence-electron chi connectivity index (χ1n) is 4.98. The largest absolute Gasteiger partial charge is 0.344 e. The van der Waals surface area contributed by atoms with E-state index in [1.165, 1.54) is 0 Å². The molecule has 0 fully saturated rings.